The van der Waals surface area contributed by atoms with E-state index in [-0.39, 0.29) is 33.7 Å². The smallest absolute Gasteiger partial charge is 0.309 e. The fourth-order valence-electron chi connectivity index (χ4n) is 12.1. The fourth-order valence-corrected chi connectivity index (χ4v) is 12.1. The number of carbonyl (C=O) groups excluding carboxylic acids is 1. The molecule has 204 valence electrons. The van der Waals surface area contributed by atoms with Gasteiger partial charge in [-0.1, -0.05) is 48.5 Å². The molecule has 36 heavy (non-hydrogen) atoms. The molecule has 0 aliphatic heterocycles. The zero-order chi connectivity index (χ0) is 26.5. The van der Waals surface area contributed by atoms with Crippen LogP contribution in [-0.4, -0.2) is 23.1 Å². The van der Waals surface area contributed by atoms with E-state index in [0.717, 1.165) is 38.5 Å². The molecule has 0 aromatic heterocycles. The molecular weight excluding hydrogens is 448 g/mol. The number of ether oxygens (including phenoxy) is 1. The van der Waals surface area contributed by atoms with Crippen molar-refractivity contribution in [2.45, 2.75) is 126 Å². The number of aliphatic carboxylic acids is 1. The third-order valence-electron chi connectivity index (χ3n) is 14.0. The van der Waals surface area contributed by atoms with Gasteiger partial charge in [-0.2, -0.15) is 0 Å². The van der Waals surface area contributed by atoms with E-state index in [1.54, 1.807) is 6.92 Å². The highest BCUT2D eigenvalue weighted by Gasteiger charge is 2.72. The summed E-state index contributed by atoms with van der Waals surface area (Å²) in [6, 6.07) is 0. The molecule has 4 unspecified atom stereocenters. The second kappa shape index (κ2) is 8.22. The average molecular weight is 501 g/mol. The number of carboxylic acid groups (broad SMARTS) is 1. The van der Waals surface area contributed by atoms with Crippen molar-refractivity contribution in [2.24, 2.45) is 62.6 Å². The third kappa shape index (κ3) is 3.23. The fraction of sp³-hybridized carbons (Fsp3) is 0.938. The number of hydrogen-bond donors (Lipinski definition) is 1. The highest BCUT2D eigenvalue weighted by molar-refractivity contribution is 5.76. The van der Waals surface area contributed by atoms with Crippen LogP contribution in [0.3, 0.4) is 0 Å². The molecule has 0 aromatic carbocycles. The van der Waals surface area contributed by atoms with Gasteiger partial charge in [-0.15, -0.1) is 0 Å². The molecule has 4 heteroatoms. The van der Waals surface area contributed by atoms with Crippen molar-refractivity contribution in [2.75, 3.05) is 0 Å². The quantitative estimate of drug-likeness (QED) is 0.403. The van der Waals surface area contributed by atoms with E-state index >= 15 is 0 Å². The summed E-state index contributed by atoms with van der Waals surface area (Å²) in [5.41, 5.74) is 0.169. The molecule has 0 radical (unpaired) electrons. The molecule has 5 rings (SSSR count). The predicted octanol–water partition coefficient (Wildman–Crippen LogP) is 7.74. The van der Waals surface area contributed by atoms with E-state index in [9.17, 15) is 14.7 Å². The van der Waals surface area contributed by atoms with Crippen LogP contribution in [-0.2, 0) is 14.3 Å². The first kappa shape index (κ1) is 26.5. The van der Waals surface area contributed by atoms with Crippen LogP contribution in [0, 0.1) is 62.6 Å². The van der Waals surface area contributed by atoms with E-state index in [2.05, 4.69) is 48.5 Å². The second-order valence-corrected chi connectivity index (χ2v) is 15.6. The van der Waals surface area contributed by atoms with Crippen molar-refractivity contribution in [3.8, 4) is 0 Å². The molecule has 0 bridgehead atoms. The SMILES string of the molecule is CC(=O)O[C@H]1CC[C@@]2(C)C(CC[C@]3(C)C2CCC2C4[C@H](C(C)C)CC[C@]4(C(=O)O)CC[C@]23C)C1(C)C. The van der Waals surface area contributed by atoms with Gasteiger partial charge in [0.1, 0.15) is 6.10 Å². The Balaban J connectivity index is 1.52. The summed E-state index contributed by atoms with van der Waals surface area (Å²) in [7, 11) is 0. The topological polar surface area (TPSA) is 63.6 Å². The minimum absolute atomic E-state index is 0.0144. The monoisotopic (exact) mass is 500 g/mol. The van der Waals surface area contributed by atoms with Crippen LogP contribution in [0.15, 0.2) is 0 Å². The molecule has 5 saturated carbocycles. The molecule has 10 atom stereocenters. The van der Waals surface area contributed by atoms with Crippen LogP contribution in [0.1, 0.15) is 120 Å². The van der Waals surface area contributed by atoms with Crippen molar-refractivity contribution < 1.29 is 19.4 Å². The van der Waals surface area contributed by atoms with E-state index in [1.807, 2.05) is 0 Å². The van der Waals surface area contributed by atoms with E-state index in [4.69, 9.17) is 4.74 Å². The predicted molar refractivity (Wildman–Crippen MR) is 142 cm³/mol. The minimum Gasteiger partial charge on any atom is -0.481 e. The number of hydrogen-bond acceptors (Lipinski definition) is 3. The van der Waals surface area contributed by atoms with Crippen molar-refractivity contribution in [1.29, 1.82) is 0 Å². The van der Waals surface area contributed by atoms with Gasteiger partial charge >= 0.3 is 11.9 Å². The van der Waals surface area contributed by atoms with E-state index < -0.39 is 11.4 Å². The maximum absolute atomic E-state index is 12.8. The zero-order valence-corrected chi connectivity index (χ0v) is 24.3. The second-order valence-electron chi connectivity index (χ2n) is 15.6. The Morgan fingerprint density at radius 1 is 0.806 bits per heavy atom. The normalized spacial score (nSPS) is 51.5. The van der Waals surface area contributed by atoms with Gasteiger partial charge in [0.05, 0.1) is 5.41 Å². The molecule has 4 nitrogen and oxygen atoms in total. The van der Waals surface area contributed by atoms with Crippen LogP contribution in [0.4, 0.5) is 0 Å². The Morgan fingerprint density at radius 3 is 2.11 bits per heavy atom. The standard InChI is InChI=1S/C32H52O4/c1-19(2)21-11-16-32(27(34)35)18-17-30(7)22(26(21)32)9-10-24-29(6)14-13-25(36-20(3)33)28(4,5)23(29)12-15-31(24,30)8/h19,21-26H,9-18H2,1-8H3,(H,34,35)/t21-,22?,23?,24?,25-,26?,29-,30+,31+,32-/m0/s1. The van der Waals surface area contributed by atoms with Crippen LogP contribution in [0.5, 0.6) is 0 Å². The molecule has 5 aliphatic rings. The van der Waals surface area contributed by atoms with Gasteiger partial charge in [0.15, 0.2) is 0 Å². The average Bonchev–Trinajstić information content (AvgIpc) is 3.17. The largest absolute Gasteiger partial charge is 0.481 e. The van der Waals surface area contributed by atoms with Gasteiger partial charge in [-0.25, -0.2) is 0 Å². The van der Waals surface area contributed by atoms with Gasteiger partial charge in [0, 0.05) is 12.3 Å². The molecule has 0 aromatic rings. The van der Waals surface area contributed by atoms with Crippen molar-refractivity contribution in [3.63, 3.8) is 0 Å². The van der Waals surface area contributed by atoms with Crippen LogP contribution in [0.2, 0.25) is 0 Å². The molecule has 0 heterocycles. The maximum Gasteiger partial charge on any atom is 0.309 e. The van der Waals surface area contributed by atoms with Gasteiger partial charge in [-0.3, -0.25) is 9.59 Å². The Kier molecular flexibility index (Phi) is 6.06. The molecule has 5 aliphatic carbocycles. The van der Waals surface area contributed by atoms with E-state index in [0.29, 0.717) is 35.5 Å². The molecule has 0 amide bonds. The van der Waals surface area contributed by atoms with Gasteiger partial charge in [0.2, 0.25) is 0 Å². The van der Waals surface area contributed by atoms with Crippen LogP contribution < -0.4 is 0 Å². The van der Waals surface area contributed by atoms with Crippen LogP contribution in [0.25, 0.3) is 0 Å². The molecule has 5 fully saturated rings. The highest BCUT2D eigenvalue weighted by Crippen LogP contribution is 2.77. The number of carbonyl (C=O) groups is 2. The Bertz CT molecular complexity index is 923. The molecular formula is C32H52O4. The summed E-state index contributed by atoms with van der Waals surface area (Å²) in [5.74, 6) is 2.48. The van der Waals surface area contributed by atoms with Gasteiger partial charge < -0.3 is 9.84 Å². The summed E-state index contributed by atoms with van der Waals surface area (Å²) in [6.45, 7) is 18.7. The number of esters is 1. The first-order chi connectivity index (χ1) is 16.6. The summed E-state index contributed by atoms with van der Waals surface area (Å²) < 4.78 is 5.89. The zero-order valence-electron chi connectivity index (χ0n) is 24.3. The lowest BCUT2D eigenvalue weighted by Gasteiger charge is -2.72. The summed E-state index contributed by atoms with van der Waals surface area (Å²) in [6.07, 6.45) is 10.9. The molecule has 0 spiro atoms. The number of carboxylic acids is 1. The lowest BCUT2D eigenvalue weighted by atomic mass is 9.32. The lowest BCUT2D eigenvalue weighted by molar-refractivity contribution is -0.251. The first-order valence-electron chi connectivity index (χ1n) is 15.1. The van der Waals surface area contributed by atoms with Crippen molar-refractivity contribution in [1.82, 2.24) is 0 Å². The van der Waals surface area contributed by atoms with Gasteiger partial charge in [0.25, 0.3) is 0 Å². The summed E-state index contributed by atoms with van der Waals surface area (Å²) in [4.78, 5) is 24.7. The number of rotatable bonds is 3. The van der Waals surface area contributed by atoms with Gasteiger partial charge in [-0.05, 0) is 116 Å². The Morgan fingerprint density at radius 2 is 1.50 bits per heavy atom. The first-order valence-corrected chi connectivity index (χ1v) is 15.1. The summed E-state index contributed by atoms with van der Waals surface area (Å²) in [5, 5.41) is 10.6. The maximum atomic E-state index is 12.8. The lowest BCUT2D eigenvalue weighted by Crippen LogP contribution is -2.67. The highest BCUT2D eigenvalue weighted by atomic mass is 16.5. The minimum atomic E-state index is -0.508. The Hall–Kier alpha value is -1.06. The molecule has 0 saturated heterocycles. The molecule has 1 N–H and O–H groups in total. The Labute approximate surface area is 219 Å². The third-order valence-corrected chi connectivity index (χ3v) is 14.0. The van der Waals surface area contributed by atoms with Crippen molar-refractivity contribution in [3.05, 3.63) is 0 Å². The number of fused-ring (bicyclic) bond motifs is 7. The van der Waals surface area contributed by atoms with Crippen molar-refractivity contribution >= 4 is 11.9 Å². The summed E-state index contributed by atoms with van der Waals surface area (Å²) >= 11 is 0. The van der Waals surface area contributed by atoms with Crippen LogP contribution >= 0.6 is 0 Å². The van der Waals surface area contributed by atoms with E-state index in [1.165, 1.54) is 25.7 Å².